The fourth-order valence-electron chi connectivity index (χ4n) is 1.61. The zero-order valence-electron chi connectivity index (χ0n) is 9.49. The first-order chi connectivity index (χ1) is 7.58. The van der Waals surface area contributed by atoms with Gasteiger partial charge in [-0.1, -0.05) is 31.9 Å². The van der Waals surface area contributed by atoms with Gasteiger partial charge >= 0.3 is 0 Å². The summed E-state index contributed by atoms with van der Waals surface area (Å²) in [6.45, 7) is 4.27. The lowest BCUT2D eigenvalue weighted by molar-refractivity contribution is 0.617. The molecule has 0 saturated carbocycles. The van der Waals surface area contributed by atoms with Crippen LogP contribution in [-0.4, -0.2) is 6.04 Å². The molecule has 0 heterocycles. The summed E-state index contributed by atoms with van der Waals surface area (Å²) in [6, 6.07) is 3.13. The monoisotopic (exact) mass is 307 g/mol. The molecule has 1 N–H and O–H groups in total. The Kier molecular flexibility index (Phi) is 5.56. The smallest absolute Gasteiger partial charge is 0.125 e. The molecular weight excluding hydrogens is 292 g/mol. The average Bonchev–Trinajstić information content (AvgIpc) is 2.21. The maximum atomic E-state index is 13.0. The van der Waals surface area contributed by atoms with Crippen molar-refractivity contribution in [1.82, 2.24) is 0 Å². The SMILES string of the molecule is CCCC(CC)Nc1c(Cl)cc(F)cc1Br. The van der Waals surface area contributed by atoms with Crippen molar-refractivity contribution in [2.75, 3.05) is 5.32 Å². The van der Waals surface area contributed by atoms with Crippen LogP contribution in [0, 0.1) is 5.82 Å². The molecule has 1 aromatic rings. The van der Waals surface area contributed by atoms with E-state index in [2.05, 4.69) is 35.1 Å². The molecule has 0 aliphatic rings. The fraction of sp³-hybridized carbons (Fsp3) is 0.500. The molecule has 0 fully saturated rings. The van der Waals surface area contributed by atoms with Crippen molar-refractivity contribution < 1.29 is 4.39 Å². The summed E-state index contributed by atoms with van der Waals surface area (Å²) in [6.07, 6.45) is 3.21. The first-order valence-electron chi connectivity index (χ1n) is 5.49. The number of nitrogens with one attached hydrogen (secondary N) is 1. The third-order valence-electron chi connectivity index (χ3n) is 2.49. The van der Waals surface area contributed by atoms with E-state index in [0.29, 0.717) is 15.5 Å². The lowest BCUT2D eigenvalue weighted by Gasteiger charge is -2.19. The van der Waals surface area contributed by atoms with Gasteiger partial charge < -0.3 is 5.32 Å². The third-order valence-corrected chi connectivity index (χ3v) is 3.41. The van der Waals surface area contributed by atoms with Crippen LogP contribution in [0.25, 0.3) is 0 Å². The molecule has 0 aliphatic carbocycles. The van der Waals surface area contributed by atoms with Crippen molar-refractivity contribution in [3.05, 3.63) is 27.4 Å². The van der Waals surface area contributed by atoms with Gasteiger partial charge in [-0.15, -0.1) is 0 Å². The van der Waals surface area contributed by atoms with Crippen LogP contribution in [0.15, 0.2) is 16.6 Å². The molecule has 0 aliphatic heterocycles. The van der Waals surface area contributed by atoms with Crippen molar-refractivity contribution in [3.63, 3.8) is 0 Å². The largest absolute Gasteiger partial charge is 0.380 e. The average molecular weight is 309 g/mol. The number of rotatable bonds is 5. The molecule has 0 radical (unpaired) electrons. The van der Waals surface area contributed by atoms with Crippen LogP contribution < -0.4 is 5.32 Å². The molecular formula is C12H16BrClFN. The molecule has 1 unspecified atom stereocenters. The number of hydrogen-bond acceptors (Lipinski definition) is 1. The highest BCUT2D eigenvalue weighted by Crippen LogP contribution is 2.32. The molecule has 1 aromatic carbocycles. The minimum absolute atomic E-state index is 0.328. The van der Waals surface area contributed by atoms with Crippen LogP contribution in [0.3, 0.4) is 0 Å². The minimum Gasteiger partial charge on any atom is -0.380 e. The van der Waals surface area contributed by atoms with Crippen LogP contribution >= 0.6 is 27.5 Å². The van der Waals surface area contributed by atoms with E-state index in [-0.39, 0.29) is 5.82 Å². The second-order valence-electron chi connectivity index (χ2n) is 3.78. The molecule has 0 saturated heterocycles. The quantitative estimate of drug-likeness (QED) is 0.785. The highest BCUT2D eigenvalue weighted by atomic mass is 79.9. The Bertz CT molecular complexity index is 334. The fourth-order valence-corrected chi connectivity index (χ4v) is 2.53. The number of benzene rings is 1. The molecule has 1 nitrogen and oxygen atoms in total. The van der Waals surface area contributed by atoms with E-state index in [1.807, 2.05) is 0 Å². The zero-order valence-corrected chi connectivity index (χ0v) is 11.8. The number of halogens is 3. The number of hydrogen-bond donors (Lipinski definition) is 1. The van der Waals surface area contributed by atoms with E-state index in [0.717, 1.165) is 24.9 Å². The second-order valence-corrected chi connectivity index (χ2v) is 5.04. The Balaban J connectivity index is 2.87. The van der Waals surface area contributed by atoms with Crippen molar-refractivity contribution >= 4 is 33.2 Å². The van der Waals surface area contributed by atoms with Gasteiger partial charge in [0.15, 0.2) is 0 Å². The molecule has 16 heavy (non-hydrogen) atoms. The summed E-state index contributed by atoms with van der Waals surface area (Å²) in [5, 5.41) is 3.77. The predicted molar refractivity (Wildman–Crippen MR) is 71.7 cm³/mol. The van der Waals surface area contributed by atoms with Gasteiger partial charge in [0, 0.05) is 10.5 Å². The summed E-state index contributed by atoms with van der Waals surface area (Å²) in [4.78, 5) is 0. The Morgan fingerprint density at radius 2 is 2.12 bits per heavy atom. The van der Waals surface area contributed by atoms with Crippen LogP contribution in [0.5, 0.6) is 0 Å². The van der Waals surface area contributed by atoms with Crippen LogP contribution in [0.1, 0.15) is 33.1 Å². The standard InChI is InChI=1S/C12H16BrClFN/c1-3-5-9(4-2)16-12-10(13)6-8(15)7-11(12)14/h6-7,9,16H,3-5H2,1-2H3. The van der Waals surface area contributed by atoms with Gasteiger partial charge in [0.2, 0.25) is 0 Å². The molecule has 0 spiro atoms. The molecule has 0 aromatic heterocycles. The third kappa shape index (κ3) is 3.63. The van der Waals surface area contributed by atoms with E-state index >= 15 is 0 Å². The Morgan fingerprint density at radius 1 is 1.44 bits per heavy atom. The summed E-state index contributed by atoms with van der Waals surface area (Å²) in [7, 11) is 0. The highest BCUT2D eigenvalue weighted by molar-refractivity contribution is 9.10. The second kappa shape index (κ2) is 6.45. The van der Waals surface area contributed by atoms with Gasteiger partial charge in [-0.3, -0.25) is 0 Å². The van der Waals surface area contributed by atoms with Gasteiger partial charge in [-0.2, -0.15) is 0 Å². The molecule has 1 rings (SSSR count). The Hall–Kier alpha value is -0.280. The van der Waals surface area contributed by atoms with Gasteiger partial charge in [0.25, 0.3) is 0 Å². The molecule has 0 bridgehead atoms. The molecule has 90 valence electrons. The molecule has 1 atom stereocenters. The van der Waals surface area contributed by atoms with Crippen molar-refractivity contribution in [2.45, 2.75) is 39.2 Å². The normalized spacial score (nSPS) is 12.6. The first kappa shape index (κ1) is 13.8. The van der Waals surface area contributed by atoms with Crippen LogP contribution in [0.2, 0.25) is 5.02 Å². The van der Waals surface area contributed by atoms with Crippen molar-refractivity contribution in [3.8, 4) is 0 Å². The van der Waals surface area contributed by atoms with E-state index in [9.17, 15) is 4.39 Å². The maximum Gasteiger partial charge on any atom is 0.125 e. The van der Waals surface area contributed by atoms with E-state index in [1.54, 1.807) is 0 Å². The summed E-state index contributed by atoms with van der Waals surface area (Å²) in [5.41, 5.74) is 0.781. The highest BCUT2D eigenvalue weighted by Gasteiger charge is 2.12. The predicted octanol–water partition coefficient (Wildman–Crippen LogP) is 5.23. The zero-order chi connectivity index (χ0) is 12.1. The Morgan fingerprint density at radius 3 is 2.62 bits per heavy atom. The van der Waals surface area contributed by atoms with E-state index in [1.165, 1.54) is 12.1 Å². The number of anilines is 1. The van der Waals surface area contributed by atoms with Crippen molar-refractivity contribution in [1.29, 1.82) is 0 Å². The first-order valence-corrected chi connectivity index (χ1v) is 6.66. The lowest BCUT2D eigenvalue weighted by atomic mass is 10.1. The van der Waals surface area contributed by atoms with Gasteiger partial charge in [-0.25, -0.2) is 4.39 Å². The summed E-state index contributed by atoms with van der Waals surface area (Å²) >= 11 is 9.32. The maximum absolute atomic E-state index is 13.0. The van der Waals surface area contributed by atoms with Crippen LogP contribution in [-0.2, 0) is 0 Å². The van der Waals surface area contributed by atoms with Crippen molar-refractivity contribution in [2.24, 2.45) is 0 Å². The topological polar surface area (TPSA) is 12.0 Å². The van der Waals surface area contributed by atoms with E-state index < -0.39 is 0 Å². The van der Waals surface area contributed by atoms with Gasteiger partial charge in [-0.05, 0) is 40.9 Å². The lowest BCUT2D eigenvalue weighted by Crippen LogP contribution is -2.18. The summed E-state index contributed by atoms with van der Waals surface area (Å²) in [5.74, 6) is -0.328. The summed E-state index contributed by atoms with van der Waals surface area (Å²) < 4.78 is 13.7. The Labute approximate surface area is 110 Å². The van der Waals surface area contributed by atoms with Gasteiger partial charge in [0.05, 0.1) is 10.7 Å². The minimum atomic E-state index is -0.328. The van der Waals surface area contributed by atoms with E-state index in [4.69, 9.17) is 11.6 Å². The van der Waals surface area contributed by atoms with Crippen LogP contribution in [0.4, 0.5) is 10.1 Å². The van der Waals surface area contributed by atoms with Gasteiger partial charge in [0.1, 0.15) is 5.82 Å². The molecule has 0 amide bonds. The molecule has 4 heteroatoms.